The molecule has 6 nitrogen and oxygen atoms in total. The van der Waals surface area contributed by atoms with Crippen molar-refractivity contribution in [2.45, 2.75) is 26.3 Å². The van der Waals surface area contributed by atoms with Crippen LogP contribution in [0.3, 0.4) is 0 Å². The molecule has 0 amide bonds. The largest absolute Gasteiger partial charge is 0.338 e. The Balaban J connectivity index is 2.03. The summed E-state index contributed by atoms with van der Waals surface area (Å²) in [5.41, 5.74) is 0.210. The first kappa shape index (κ1) is 15.6. The van der Waals surface area contributed by atoms with Gasteiger partial charge in [0.2, 0.25) is 21.7 Å². The quantitative estimate of drug-likeness (QED) is 0.846. The maximum Gasteiger partial charge on any atom is 0.242 e. The first-order valence-corrected chi connectivity index (χ1v) is 8.22. The van der Waals surface area contributed by atoms with Crippen LogP contribution in [0.2, 0.25) is 0 Å². The highest BCUT2D eigenvalue weighted by Gasteiger charge is 2.15. The van der Waals surface area contributed by atoms with Crippen LogP contribution in [0, 0.1) is 5.82 Å². The van der Waals surface area contributed by atoms with Crippen LogP contribution < -0.4 is 4.72 Å². The zero-order valence-corrected chi connectivity index (χ0v) is 12.4. The van der Waals surface area contributed by atoms with E-state index in [2.05, 4.69) is 14.9 Å². The van der Waals surface area contributed by atoms with Gasteiger partial charge in [-0.25, -0.2) is 17.5 Å². The van der Waals surface area contributed by atoms with Gasteiger partial charge >= 0.3 is 0 Å². The summed E-state index contributed by atoms with van der Waals surface area (Å²) >= 11 is 0. The summed E-state index contributed by atoms with van der Waals surface area (Å²) in [7, 11) is -3.36. The second-order valence-electron chi connectivity index (χ2n) is 4.49. The van der Waals surface area contributed by atoms with Crippen LogP contribution in [-0.4, -0.2) is 24.3 Å². The zero-order valence-electron chi connectivity index (χ0n) is 11.5. The fourth-order valence-corrected chi connectivity index (χ4v) is 2.81. The molecular formula is C13H16FN3O3S. The highest BCUT2D eigenvalue weighted by Crippen LogP contribution is 2.19. The van der Waals surface area contributed by atoms with Crippen LogP contribution in [-0.2, 0) is 16.6 Å². The van der Waals surface area contributed by atoms with Crippen molar-refractivity contribution in [1.29, 1.82) is 0 Å². The Morgan fingerprint density at radius 3 is 2.81 bits per heavy atom. The first-order valence-electron chi connectivity index (χ1n) is 6.56. The number of halogens is 1. The molecule has 2 rings (SSSR count). The average molecular weight is 313 g/mol. The van der Waals surface area contributed by atoms with E-state index < -0.39 is 15.8 Å². The van der Waals surface area contributed by atoms with Gasteiger partial charge in [-0.05, 0) is 18.6 Å². The summed E-state index contributed by atoms with van der Waals surface area (Å²) in [5, 5.41) is 3.65. The monoisotopic (exact) mass is 313 g/mol. The van der Waals surface area contributed by atoms with Gasteiger partial charge in [-0.2, -0.15) is 4.98 Å². The molecule has 0 aliphatic rings. The van der Waals surface area contributed by atoms with Crippen LogP contribution in [0.5, 0.6) is 0 Å². The minimum Gasteiger partial charge on any atom is -0.338 e. The maximum atomic E-state index is 13.6. The number of nitrogens with one attached hydrogen (secondary N) is 1. The second kappa shape index (κ2) is 6.77. The van der Waals surface area contributed by atoms with Crippen LogP contribution in [0.4, 0.5) is 4.39 Å². The standard InChI is InChI=1S/C13H16FN3O3S/c1-2-3-8-21(18,19)15-9-12-16-13(17-20-12)10-6-4-5-7-11(10)14/h4-7,15H,2-3,8-9H2,1H3. The van der Waals surface area contributed by atoms with E-state index in [9.17, 15) is 12.8 Å². The number of hydrogen-bond donors (Lipinski definition) is 1. The molecule has 0 bridgehead atoms. The van der Waals surface area contributed by atoms with E-state index in [-0.39, 0.29) is 29.6 Å². The number of rotatable bonds is 7. The molecule has 0 radical (unpaired) electrons. The zero-order chi connectivity index (χ0) is 15.3. The molecule has 0 fully saturated rings. The molecule has 21 heavy (non-hydrogen) atoms. The van der Waals surface area contributed by atoms with Crippen LogP contribution in [0.15, 0.2) is 28.8 Å². The van der Waals surface area contributed by atoms with Crippen molar-refractivity contribution in [3.8, 4) is 11.4 Å². The van der Waals surface area contributed by atoms with Gasteiger partial charge in [0.1, 0.15) is 5.82 Å². The average Bonchev–Trinajstić information content (AvgIpc) is 2.92. The van der Waals surface area contributed by atoms with Crippen LogP contribution in [0.1, 0.15) is 25.7 Å². The van der Waals surface area contributed by atoms with Crippen molar-refractivity contribution >= 4 is 10.0 Å². The molecule has 0 saturated heterocycles. The van der Waals surface area contributed by atoms with E-state index in [0.717, 1.165) is 6.42 Å². The third-order valence-corrected chi connectivity index (χ3v) is 4.20. The van der Waals surface area contributed by atoms with Crippen molar-refractivity contribution < 1.29 is 17.3 Å². The summed E-state index contributed by atoms with van der Waals surface area (Å²) in [6.07, 6.45) is 1.37. The van der Waals surface area contributed by atoms with E-state index in [1.54, 1.807) is 12.1 Å². The number of hydrogen-bond acceptors (Lipinski definition) is 5. The Labute approximate surface area is 122 Å². The van der Waals surface area contributed by atoms with Gasteiger partial charge in [-0.15, -0.1) is 0 Å². The molecule has 8 heteroatoms. The molecule has 0 aliphatic carbocycles. The highest BCUT2D eigenvalue weighted by molar-refractivity contribution is 7.89. The van der Waals surface area contributed by atoms with Gasteiger partial charge in [0.15, 0.2) is 0 Å². The molecule has 0 atom stereocenters. The SMILES string of the molecule is CCCCS(=O)(=O)NCc1nc(-c2ccccc2F)no1. The smallest absolute Gasteiger partial charge is 0.242 e. The Morgan fingerprint density at radius 1 is 1.33 bits per heavy atom. The van der Waals surface area contributed by atoms with Gasteiger partial charge < -0.3 is 4.52 Å². The van der Waals surface area contributed by atoms with E-state index in [4.69, 9.17) is 4.52 Å². The molecule has 2 aromatic rings. The summed E-state index contributed by atoms with van der Waals surface area (Å²) in [4.78, 5) is 3.98. The molecule has 0 aliphatic heterocycles. The van der Waals surface area contributed by atoms with Gasteiger partial charge in [0.25, 0.3) is 0 Å². The third-order valence-electron chi connectivity index (χ3n) is 2.79. The van der Waals surface area contributed by atoms with Gasteiger partial charge in [0, 0.05) is 0 Å². The molecule has 0 spiro atoms. The van der Waals surface area contributed by atoms with E-state index in [0.29, 0.717) is 6.42 Å². The molecule has 1 aromatic heterocycles. The predicted octanol–water partition coefficient (Wildman–Crippen LogP) is 2.10. The Kier molecular flexibility index (Phi) is 5.03. The minimum absolute atomic E-state index is 0.0534. The predicted molar refractivity (Wildman–Crippen MR) is 75.2 cm³/mol. The van der Waals surface area contributed by atoms with Crippen LogP contribution in [0.25, 0.3) is 11.4 Å². The van der Waals surface area contributed by atoms with E-state index >= 15 is 0 Å². The summed E-state index contributed by atoms with van der Waals surface area (Å²) in [6.45, 7) is 1.81. The van der Waals surface area contributed by atoms with Crippen molar-refractivity contribution in [3.05, 3.63) is 36.0 Å². The summed E-state index contributed by atoms with van der Waals surface area (Å²) in [6, 6.07) is 6.03. The first-order chi connectivity index (χ1) is 10.0. The number of unbranched alkanes of at least 4 members (excludes halogenated alkanes) is 1. The second-order valence-corrected chi connectivity index (χ2v) is 6.41. The molecule has 1 aromatic carbocycles. The van der Waals surface area contributed by atoms with Gasteiger partial charge in [-0.1, -0.05) is 30.6 Å². The highest BCUT2D eigenvalue weighted by atomic mass is 32.2. The van der Waals surface area contributed by atoms with Crippen molar-refractivity contribution in [3.63, 3.8) is 0 Å². The molecule has 0 saturated carbocycles. The molecule has 1 N–H and O–H groups in total. The topological polar surface area (TPSA) is 85.1 Å². The molecule has 114 valence electrons. The minimum atomic E-state index is -3.36. The fourth-order valence-electron chi connectivity index (χ4n) is 1.66. The normalized spacial score (nSPS) is 11.7. The van der Waals surface area contributed by atoms with E-state index in [1.807, 2.05) is 6.92 Å². The van der Waals surface area contributed by atoms with E-state index in [1.165, 1.54) is 12.1 Å². The third kappa shape index (κ3) is 4.33. The Morgan fingerprint density at radius 2 is 2.10 bits per heavy atom. The molecular weight excluding hydrogens is 297 g/mol. The number of sulfonamides is 1. The van der Waals surface area contributed by atoms with Crippen molar-refractivity contribution in [2.24, 2.45) is 0 Å². The Bertz CT molecular complexity index is 700. The van der Waals surface area contributed by atoms with Crippen LogP contribution >= 0.6 is 0 Å². The maximum absolute atomic E-state index is 13.6. The summed E-state index contributed by atoms with van der Waals surface area (Å²) < 4.78 is 44.1. The lowest BCUT2D eigenvalue weighted by Gasteiger charge is -2.02. The van der Waals surface area contributed by atoms with Crippen molar-refractivity contribution in [1.82, 2.24) is 14.9 Å². The number of nitrogens with zero attached hydrogens (tertiary/aromatic N) is 2. The lowest BCUT2D eigenvalue weighted by Crippen LogP contribution is -2.26. The summed E-state index contributed by atoms with van der Waals surface area (Å²) in [5.74, 6) is -0.227. The van der Waals surface area contributed by atoms with Gasteiger partial charge in [0.05, 0.1) is 17.9 Å². The lowest BCUT2D eigenvalue weighted by atomic mass is 10.2. The number of aromatic nitrogens is 2. The number of benzene rings is 1. The lowest BCUT2D eigenvalue weighted by molar-refractivity contribution is 0.375. The van der Waals surface area contributed by atoms with Crippen molar-refractivity contribution in [2.75, 3.05) is 5.75 Å². The Hall–Kier alpha value is -1.80. The molecule has 1 heterocycles. The van der Waals surface area contributed by atoms with Gasteiger partial charge in [-0.3, -0.25) is 0 Å². The fraction of sp³-hybridized carbons (Fsp3) is 0.385. The molecule has 0 unspecified atom stereocenters.